The number of hydrogen-bond acceptors (Lipinski definition) is 3. The highest BCUT2D eigenvalue weighted by Gasteiger charge is 2.20. The van der Waals surface area contributed by atoms with Gasteiger partial charge in [0, 0.05) is 13.1 Å². The molecule has 17 heavy (non-hydrogen) atoms. The van der Waals surface area contributed by atoms with Gasteiger partial charge in [-0.15, -0.1) is 0 Å². The Morgan fingerprint density at radius 3 is 2.76 bits per heavy atom. The first-order valence-corrected chi connectivity index (χ1v) is 5.94. The predicted octanol–water partition coefficient (Wildman–Crippen LogP) is 1.10. The second-order valence-electron chi connectivity index (χ2n) is 4.52. The molecule has 1 heterocycles. The molecule has 5 nitrogen and oxygen atoms in total. The van der Waals surface area contributed by atoms with Crippen molar-refractivity contribution in [2.24, 2.45) is 0 Å². The number of nitrogens with zero attached hydrogens (tertiary/aromatic N) is 2. The predicted molar refractivity (Wildman–Crippen MR) is 65.9 cm³/mol. The van der Waals surface area contributed by atoms with Crippen molar-refractivity contribution in [3.05, 3.63) is 17.5 Å². The second kappa shape index (κ2) is 5.31. The van der Waals surface area contributed by atoms with Crippen molar-refractivity contribution in [3.63, 3.8) is 0 Å². The van der Waals surface area contributed by atoms with E-state index in [1.165, 1.54) is 0 Å². The minimum atomic E-state index is -0.859. The van der Waals surface area contributed by atoms with Crippen molar-refractivity contribution in [1.82, 2.24) is 15.1 Å². The Bertz CT molecular complexity index is 396. The number of aromatic nitrogens is 2. The minimum absolute atomic E-state index is 0.193. The zero-order chi connectivity index (χ0) is 13.1. The molecule has 5 heteroatoms. The fourth-order valence-corrected chi connectivity index (χ4v) is 1.46. The van der Waals surface area contributed by atoms with Crippen LogP contribution in [0.2, 0.25) is 0 Å². The lowest BCUT2D eigenvalue weighted by Gasteiger charge is -2.21. The largest absolute Gasteiger partial charge is 0.388 e. The molecule has 0 aromatic carbocycles. The van der Waals surface area contributed by atoms with Gasteiger partial charge in [-0.1, -0.05) is 6.92 Å². The normalized spacial score (nSPS) is 14.4. The Kier molecular flexibility index (Phi) is 4.28. The molecule has 1 amide bonds. The minimum Gasteiger partial charge on any atom is -0.388 e. The highest BCUT2D eigenvalue weighted by atomic mass is 16.3. The summed E-state index contributed by atoms with van der Waals surface area (Å²) in [6.07, 6.45) is 0.597. The van der Waals surface area contributed by atoms with Gasteiger partial charge < -0.3 is 10.4 Å². The van der Waals surface area contributed by atoms with E-state index in [1.54, 1.807) is 17.7 Å². The van der Waals surface area contributed by atoms with Gasteiger partial charge in [0.15, 0.2) is 0 Å². The van der Waals surface area contributed by atoms with Crippen LogP contribution in [0.15, 0.2) is 6.07 Å². The molecule has 96 valence electrons. The van der Waals surface area contributed by atoms with Crippen LogP contribution in [0.25, 0.3) is 0 Å². The molecule has 0 fully saturated rings. The number of aliphatic hydroxyl groups is 1. The Morgan fingerprint density at radius 1 is 1.59 bits per heavy atom. The van der Waals surface area contributed by atoms with Crippen molar-refractivity contribution in [3.8, 4) is 0 Å². The molecular weight excluding hydrogens is 218 g/mol. The van der Waals surface area contributed by atoms with Crippen molar-refractivity contribution in [2.75, 3.05) is 6.54 Å². The van der Waals surface area contributed by atoms with Gasteiger partial charge in [0.25, 0.3) is 5.91 Å². The maximum Gasteiger partial charge on any atom is 0.269 e. The average molecular weight is 239 g/mol. The van der Waals surface area contributed by atoms with E-state index in [0.29, 0.717) is 18.7 Å². The summed E-state index contributed by atoms with van der Waals surface area (Å²) in [5, 5.41) is 16.8. The van der Waals surface area contributed by atoms with E-state index in [-0.39, 0.29) is 12.5 Å². The molecule has 0 spiro atoms. The molecule has 1 aromatic rings. The number of amides is 1. The first-order valence-electron chi connectivity index (χ1n) is 5.94. The summed E-state index contributed by atoms with van der Waals surface area (Å²) in [4.78, 5) is 11.9. The van der Waals surface area contributed by atoms with Gasteiger partial charge in [-0.3, -0.25) is 9.48 Å². The summed E-state index contributed by atoms with van der Waals surface area (Å²) in [7, 11) is 0. The third kappa shape index (κ3) is 3.56. The van der Waals surface area contributed by atoms with Gasteiger partial charge in [0.1, 0.15) is 5.69 Å². The molecule has 1 unspecified atom stereocenters. The molecule has 2 N–H and O–H groups in total. The number of hydrogen-bond donors (Lipinski definition) is 2. The van der Waals surface area contributed by atoms with Crippen LogP contribution >= 0.6 is 0 Å². The van der Waals surface area contributed by atoms with Crippen molar-refractivity contribution < 1.29 is 9.90 Å². The van der Waals surface area contributed by atoms with Crippen molar-refractivity contribution >= 4 is 5.91 Å². The van der Waals surface area contributed by atoms with E-state index in [0.717, 1.165) is 5.69 Å². The summed E-state index contributed by atoms with van der Waals surface area (Å²) in [5.41, 5.74) is 0.498. The number of carbonyl (C=O) groups is 1. The lowest BCUT2D eigenvalue weighted by molar-refractivity contribution is 0.0515. The summed E-state index contributed by atoms with van der Waals surface area (Å²) in [6, 6.07) is 1.75. The molecule has 0 aliphatic heterocycles. The zero-order valence-electron chi connectivity index (χ0n) is 10.9. The second-order valence-corrected chi connectivity index (χ2v) is 4.52. The molecule has 1 rings (SSSR count). The number of nitrogens with one attached hydrogen (secondary N) is 1. The monoisotopic (exact) mass is 239 g/mol. The molecule has 0 bridgehead atoms. The van der Waals surface area contributed by atoms with Gasteiger partial charge >= 0.3 is 0 Å². The summed E-state index contributed by atoms with van der Waals surface area (Å²) in [5.74, 6) is -0.193. The molecule has 1 aromatic heterocycles. The van der Waals surface area contributed by atoms with Crippen LogP contribution in [0.5, 0.6) is 0 Å². The maximum absolute atomic E-state index is 11.9. The van der Waals surface area contributed by atoms with Crippen LogP contribution in [0.4, 0.5) is 0 Å². The van der Waals surface area contributed by atoms with Crippen LogP contribution in [0.3, 0.4) is 0 Å². The van der Waals surface area contributed by atoms with E-state index in [4.69, 9.17) is 0 Å². The topological polar surface area (TPSA) is 67.2 Å². The standard InChI is InChI=1S/C12H21N3O2/c1-5-12(4,17)8-13-11(16)10-7-9(3)14-15(10)6-2/h7,17H,5-6,8H2,1-4H3,(H,13,16). The van der Waals surface area contributed by atoms with E-state index < -0.39 is 5.60 Å². The summed E-state index contributed by atoms with van der Waals surface area (Å²) >= 11 is 0. The van der Waals surface area contributed by atoms with Crippen LogP contribution in [-0.2, 0) is 6.54 Å². The smallest absolute Gasteiger partial charge is 0.269 e. The molecule has 0 saturated heterocycles. The highest BCUT2D eigenvalue weighted by molar-refractivity contribution is 5.92. The molecule has 1 atom stereocenters. The fourth-order valence-electron chi connectivity index (χ4n) is 1.46. The van der Waals surface area contributed by atoms with Gasteiger partial charge in [-0.2, -0.15) is 5.10 Å². The van der Waals surface area contributed by atoms with Crippen molar-refractivity contribution in [2.45, 2.75) is 46.3 Å². The van der Waals surface area contributed by atoms with Gasteiger partial charge in [0.2, 0.25) is 0 Å². The lowest BCUT2D eigenvalue weighted by Crippen LogP contribution is -2.40. The summed E-state index contributed by atoms with van der Waals surface area (Å²) in [6.45, 7) is 8.27. The number of aryl methyl sites for hydroxylation is 2. The van der Waals surface area contributed by atoms with E-state index in [9.17, 15) is 9.90 Å². The third-order valence-corrected chi connectivity index (χ3v) is 2.83. The number of rotatable bonds is 5. The zero-order valence-corrected chi connectivity index (χ0v) is 10.9. The maximum atomic E-state index is 11.9. The fraction of sp³-hybridized carbons (Fsp3) is 0.667. The third-order valence-electron chi connectivity index (χ3n) is 2.83. The Labute approximate surface area is 102 Å². The van der Waals surface area contributed by atoms with Gasteiger partial charge in [-0.25, -0.2) is 0 Å². The molecular formula is C12H21N3O2. The Morgan fingerprint density at radius 2 is 2.24 bits per heavy atom. The van der Waals surface area contributed by atoms with Crippen LogP contribution in [-0.4, -0.2) is 32.9 Å². The lowest BCUT2D eigenvalue weighted by atomic mass is 10.0. The van der Waals surface area contributed by atoms with E-state index >= 15 is 0 Å². The van der Waals surface area contributed by atoms with Crippen molar-refractivity contribution in [1.29, 1.82) is 0 Å². The Hall–Kier alpha value is -1.36. The molecule has 0 radical (unpaired) electrons. The SMILES string of the molecule is CCn1nc(C)cc1C(=O)NCC(C)(O)CC. The molecule has 0 saturated carbocycles. The first-order chi connectivity index (χ1) is 7.89. The van der Waals surface area contributed by atoms with Gasteiger partial charge in [-0.05, 0) is 33.3 Å². The summed E-state index contributed by atoms with van der Waals surface area (Å²) < 4.78 is 1.66. The van der Waals surface area contributed by atoms with E-state index in [1.807, 2.05) is 20.8 Å². The van der Waals surface area contributed by atoms with Gasteiger partial charge in [0.05, 0.1) is 11.3 Å². The first kappa shape index (κ1) is 13.7. The van der Waals surface area contributed by atoms with Crippen LogP contribution in [0, 0.1) is 6.92 Å². The quantitative estimate of drug-likeness (QED) is 0.808. The molecule has 0 aliphatic rings. The van der Waals surface area contributed by atoms with E-state index in [2.05, 4.69) is 10.4 Å². The van der Waals surface area contributed by atoms with Crippen LogP contribution in [0.1, 0.15) is 43.4 Å². The molecule has 0 aliphatic carbocycles. The highest BCUT2D eigenvalue weighted by Crippen LogP contribution is 2.08. The Balaban J connectivity index is 2.70. The number of carbonyl (C=O) groups excluding carboxylic acids is 1. The van der Waals surface area contributed by atoms with Crippen LogP contribution < -0.4 is 5.32 Å². The average Bonchev–Trinajstić information content (AvgIpc) is 2.67.